The Morgan fingerprint density at radius 2 is 2.00 bits per heavy atom. The van der Waals surface area contributed by atoms with E-state index in [1.165, 1.54) is 0 Å². The van der Waals surface area contributed by atoms with E-state index in [9.17, 15) is 4.79 Å². The van der Waals surface area contributed by atoms with E-state index in [1.807, 2.05) is 0 Å². The Bertz CT molecular complexity index is 383. The third-order valence-electron chi connectivity index (χ3n) is 3.08. The molecule has 0 aliphatic carbocycles. The Kier molecular flexibility index (Phi) is 3.53. The molecule has 0 aliphatic heterocycles. The highest BCUT2D eigenvalue weighted by molar-refractivity contribution is 6.74. The molecule has 88 valence electrons. The van der Waals surface area contributed by atoms with Crippen LogP contribution in [0.4, 0.5) is 0 Å². The number of hydrogen-bond donors (Lipinski definition) is 0. The smallest absolute Gasteiger partial charge is 0.250 e. The molecule has 4 heteroatoms. The summed E-state index contributed by atoms with van der Waals surface area (Å²) >= 11 is 0. The molecule has 0 N–H and O–H groups in total. The van der Waals surface area contributed by atoms with E-state index >= 15 is 0 Å². The van der Waals surface area contributed by atoms with Crippen molar-refractivity contribution in [1.82, 2.24) is 4.98 Å². The van der Waals surface area contributed by atoms with Crippen LogP contribution in [0.1, 0.15) is 31.3 Å². The van der Waals surface area contributed by atoms with Crippen molar-refractivity contribution < 1.29 is 9.22 Å². The van der Waals surface area contributed by atoms with Gasteiger partial charge in [-0.1, -0.05) is 20.8 Å². The van der Waals surface area contributed by atoms with Gasteiger partial charge in [0.15, 0.2) is 6.29 Å². The first-order chi connectivity index (χ1) is 7.28. The summed E-state index contributed by atoms with van der Waals surface area (Å²) in [6.07, 6.45) is 2.34. The second kappa shape index (κ2) is 4.37. The van der Waals surface area contributed by atoms with Crippen molar-refractivity contribution in [2.45, 2.75) is 38.9 Å². The Morgan fingerprint density at radius 1 is 1.38 bits per heavy atom. The molecule has 0 spiro atoms. The largest absolute Gasteiger partial charge is 0.542 e. The van der Waals surface area contributed by atoms with Crippen molar-refractivity contribution in [2.24, 2.45) is 0 Å². The number of aromatic nitrogens is 1. The number of rotatable bonds is 3. The average molecular weight is 237 g/mol. The molecule has 0 atom stereocenters. The predicted molar refractivity (Wildman–Crippen MR) is 67.4 cm³/mol. The van der Waals surface area contributed by atoms with Crippen molar-refractivity contribution >= 4 is 14.6 Å². The standard InChI is InChI=1S/C12H19NO2Si/c1-12(2,3)16(4,5)15-11-7-6-8-13-10(11)9-14/h6-9H,1-5H3. The second-order valence-corrected chi connectivity index (χ2v) is 10.1. The summed E-state index contributed by atoms with van der Waals surface area (Å²) in [5, 5.41) is 0.114. The zero-order chi connectivity index (χ0) is 12.4. The first-order valence-corrected chi connectivity index (χ1v) is 8.28. The molecule has 0 fully saturated rings. The number of hydrogen-bond acceptors (Lipinski definition) is 3. The van der Waals surface area contributed by atoms with E-state index < -0.39 is 8.32 Å². The van der Waals surface area contributed by atoms with Crippen molar-refractivity contribution in [3.63, 3.8) is 0 Å². The molecule has 0 saturated carbocycles. The lowest BCUT2D eigenvalue weighted by Gasteiger charge is -2.36. The fourth-order valence-electron chi connectivity index (χ4n) is 1.01. The van der Waals surface area contributed by atoms with E-state index in [4.69, 9.17) is 4.43 Å². The highest BCUT2D eigenvalue weighted by Gasteiger charge is 2.39. The number of carbonyl (C=O) groups excluding carboxylic acids is 1. The summed E-state index contributed by atoms with van der Waals surface area (Å²) in [7, 11) is -1.89. The van der Waals surface area contributed by atoms with Crippen molar-refractivity contribution in [2.75, 3.05) is 0 Å². The molecule has 0 radical (unpaired) electrons. The van der Waals surface area contributed by atoms with Crippen LogP contribution in [0, 0.1) is 0 Å². The monoisotopic (exact) mass is 237 g/mol. The molecule has 0 amide bonds. The number of pyridine rings is 1. The van der Waals surface area contributed by atoms with E-state index in [2.05, 4.69) is 38.8 Å². The van der Waals surface area contributed by atoms with Gasteiger partial charge in [0.2, 0.25) is 0 Å². The molecule has 0 unspecified atom stereocenters. The van der Waals surface area contributed by atoms with Crippen molar-refractivity contribution in [3.05, 3.63) is 24.0 Å². The maximum Gasteiger partial charge on any atom is 0.250 e. The van der Waals surface area contributed by atoms with Crippen LogP contribution in [-0.2, 0) is 0 Å². The Labute approximate surface area is 98.0 Å². The molecule has 1 aromatic rings. The van der Waals surface area contributed by atoms with Crippen LogP contribution in [-0.4, -0.2) is 19.6 Å². The highest BCUT2D eigenvalue weighted by atomic mass is 28.4. The number of aldehydes is 1. The molecule has 3 nitrogen and oxygen atoms in total. The van der Waals surface area contributed by atoms with Crippen LogP contribution >= 0.6 is 0 Å². The lowest BCUT2D eigenvalue weighted by atomic mass is 10.2. The third kappa shape index (κ3) is 2.69. The van der Waals surface area contributed by atoms with E-state index in [1.54, 1.807) is 18.3 Å². The molecule has 16 heavy (non-hydrogen) atoms. The van der Waals surface area contributed by atoms with Crippen LogP contribution in [0.5, 0.6) is 5.75 Å². The van der Waals surface area contributed by atoms with Crippen molar-refractivity contribution in [3.8, 4) is 5.75 Å². The summed E-state index contributed by atoms with van der Waals surface area (Å²) in [4.78, 5) is 14.8. The maximum absolute atomic E-state index is 10.8. The minimum atomic E-state index is -1.89. The maximum atomic E-state index is 10.8. The van der Waals surface area contributed by atoms with Crippen LogP contribution in [0.25, 0.3) is 0 Å². The topological polar surface area (TPSA) is 39.2 Å². The summed E-state index contributed by atoms with van der Waals surface area (Å²) in [5.74, 6) is 0.601. The summed E-state index contributed by atoms with van der Waals surface area (Å²) < 4.78 is 6.03. The molecule has 0 bridgehead atoms. The normalized spacial score (nSPS) is 12.3. The Morgan fingerprint density at radius 3 is 2.50 bits per heavy atom. The highest BCUT2D eigenvalue weighted by Crippen LogP contribution is 2.37. The zero-order valence-corrected chi connectivity index (χ0v) is 11.6. The minimum Gasteiger partial charge on any atom is -0.542 e. The van der Waals surface area contributed by atoms with Crippen LogP contribution in [0.15, 0.2) is 18.3 Å². The van der Waals surface area contributed by atoms with Gasteiger partial charge in [0.1, 0.15) is 11.4 Å². The minimum absolute atomic E-state index is 0.114. The van der Waals surface area contributed by atoms with Gasteiger partial charge >= 0.3 is 0 Å². The van der Waals surface area contributed by atoms with Gasteiger partial charge < -0.3 is 4.43 Å². The quantitative estimate of drug-likeness (QED) is 0.598. The zero-order valence-electron chi connectivity index (χ0n) is 10.6. The number of carbonyl (C=O) groups is 1. The predicted octanol–water partition coefficient (Wildman–Crippen LogP) is 3.28. The lowest BCUT2D eigenvalue weighted by Crippen LogP contribution is -2.44. The first-order valence-electron chi connectivity index (χ1n) is 5.37. The number of nitrogens with zero attached hydrogens (tertiary/aromatic N) is 1. The molecular formula is C12H19NO2Si. The van der Waals surface area contributed by atoms with Crippen LogP contribution in [0.2, 0.25) is 18.1 Å². The fraction of sp³-hybridized carbons (Fsp3) is 0.500. The van der Waals surface area contributed by atoms with Gasteiger partial charge in [-0.3, -0.25) is 4.79 Å². The molecule has 1 heterocycles. The van der Waals surface area contributed by atoms with E-state index in [0.717, 1.165) is 6.29 Å². The van der Waals surface area contributed by atoms with Gasteiger partial charge in [-0.05, 0) is 30.3 Å². The molecule has 0 saturated heterocycles. The summed E-state index contributed by atoms with van der Waals surface area (Å²) in [6, 6.07) is 3.59. The van der Waals surface area contributed by atoms with Gasteiger partial charge in [-0.25, -0.2) is 4.98 Å². The first kappa shape index (κ1) is 12.9. The van der Waals surface area contributed by atoms with E-state index in [0.29, 0.717) is 11.4 Å². The molecule has 1 rings (SSSR count). The Hall–Kier alpha value is -1.16. The molecule has 0 aromatic carbocycles. The van der Waals surface area contributed by atoms with Gasteiger partial charge in [0, 0.05) is 6.20 Å². The van der Waals surface area contributed by atoms with Crippen LogP contribution in [0.3, 0.4) is 0 Å². The fourth-order valence-corrected chi connectivity index (χ4v) is 2.03. The second-order valence-electron chi connectivity index (χ2n) is 5.37. The SMILES string of the molecule is CC(C)(C)[Si](C)(C)Oc1cccnc1C=O. The average Bonchev–Trinajstić information content (AvgIpc) is 2.16. The van der Waals surface area contributed by atoms with Gasteiger partial charge in [0.25, 0.3) is 8.32 Å². The van der Waals surface area contributed by atoms with Crippen LogP contribution < -0.4 is 4.43 Å². The van der Waals surface area contributed by atoms with Gasteiger partial charge in [0.05, 0.1) is 0 Å². The lowest BCUT2D eigenvalue weighted by molar-refractivity contribution is 0.111. The summed E-state index contributed by atoms with van der Waals surface area (Å²) in [5.41, 5.74) is 0.382. The third-order valence-corrected chi connectivity index (χ3v) is 7.43. The van der Waals surface area contributed by atoms with E-state index in [-0.39, 0.29) is 5.04 Å². The van der Waals surface area contributed by atoms with Gasteiger partial charge in [-0.15, -0.1) is 0 Å². The molecular weight excluding hydrogens is 218 g/mol. The Balaban J connectivity index is 3.01. The van der Waals surface area contributed by atoms with Crippen molar-refractivity contribution in [1.29, 1.82) is 0 Å². The van der Waals surface area contributed by atoms with Gasteiger partial charge in [-0.2, -0.15) is 0 Å². The summed E-state index contributed by atoms with van der Waals surface area (Å²) in [6.45, 7) is 10.8. The molecule has 0 aliphatic rings. The molecule has 1 aromatic heterocycles.